The molecule has 0 bridgehead atoms. The number of benzene rings is 1. The largest absolute Gasteiger partial charge is 0.391 e. The third-order valence-electron chi connectivity index (χ3n) is 2.27. The molecule has 2 aromatic rings. The Balaban J connectivity index is 2.30. The van der Waals surface area contributed by atoms with E-state index in [0.717, 1.165) is 17.4 Å². The van der Waals surface area contributed by atoms with Gasteiger partial charge in [-0.25, -0.2) is 12.8 Å². The minimum Gasteiger partial charge on any atom is -0.391 e. The molecule has 2 N–H and O–H groups in total. The fourth-order valence-electron chi connectivity index (χ4n) is 1.36. The second-order valence-corrected chi connectivity index (χ2v) is 6.75. The topological polar surface area (TPSA) is 66.4 Å². The Bertz CT molecular complexity index is 700. The second kappa shape index (κ2) is 5.46. The fourth-order valence-corrected chi connectivity index (χ4v) is 3.72. The molecule has 0 fully saturated rings. The Morgan fingerprint density at radius 1 is 1.37 bits per heavy atom. The van der Waals surface area contributed by atoms with E-state index in [4.69, 9.17) is 16.7 Å². The van der Waals surface area contributed by atoms with Gasteiger partial charge in [0.1, 0.15) is 5.82 Å². The van der Waals surface area contributed by atoms with Crippen molar-refractivity contribution in [1.29, 1.82) is 0 Å². The molecule has 0 saturated carbocycles. The molecule has 8 heteroatoms. The summed E-state index contributed by atoms with van der Waals surface area (Å²) >= 11 is 6.69. The molecule has 0 amide bonds. The van der Waals surface area contributed by atoms with E-state index in [-0.39, 0.29) is 22.2 Å². The highest BCUT2D eigenvalue weighted by molar-refractivity contribution is 7.92. The Labute approximate surface area is 118 Å². The molecule has 19 heavy (non-hydrogen) atoms. The minimum atomic E-state index is -3.87. The lowest BCUT2D eigenvalue weighted by atomic mass is 10.3. The van der Waals surface area contributed by atoms with Crippen LogP contribution in [-0.4, -0.2) is 13.5 Å². The molecule has 0 radical (unpaired) electrons. The SMILES string of the molecule is O=S(=O)(Nc1ccc(Cl)cc1F)c1csc(CO)c1. The zero-order chi connectivity index (χ0) is 14.0. The van der Waals surface area contributed by atoms with E-state index in [0.29, 0.717) is 4.88 Å². The van der Waals surface area contributed by atoms with Crippen molar-refractivity contribution < 1.29 is 17.9 Å². The molecule has 0 spiro atoms. The van der Waals surface area contributed by atoms with Crippen molar-refractivity contribution in [2.45, 2.75) is 11.5 Å². The van der Waals surface area contributed by atoms with E-state index in [2.05, 4.69) is 4.72 Å². The van der Waals surface area contributed by atoms with Crippen molar-refractivity contribution >= 4 is 38.6 Å². The van der Waals surface area contributed by atoms with E-state index in [9.17, 15) is 12.8 Å². The molecule has 1 aromatic carbocycles. The zero-order valence-corrected chi connectivity index (χ0v) is 11.8. The first-order chi connectivity index (χ1) is 8.92. The maximum absolute atomic E-state index is 13.5. The van der Waals surface area contributed by atoms with Gasteiger partial charge in [-0.3, -0.25) is 4.72 Å². The molecule has 1 aromatic heterocycles. The molecule has 0 aliphatic rings. The molecule has 102 valence electrons. The summed E-state index contributed by atoms with van der Waals surface area (Å²) < 4.78 is 39.6. The predicted molar refractivity (Wildman–Crippen MR) is 72.5 cm³/mol. The number of hydrogen-bond donors (Lipinski definition) is 2. The highest BCUT2D eigenvalue weighted by atomic mass is 35.5. The van der Waals surface area contributed by atoms with Gasteiger partial charge < -0.3 is 5.11 Å². The summed E-state index contributed by atoms with van der Waals surface area (Å²) in [5, 5.41) is 10.5. The lowest BCUT2D eigenvalue weighted by Gasteiger charge is -2.07. The zero-order valence-electron chi connectivity index (χ0n) is 9.43. The average Bonchev–Trinajstić information content (AvgIpc) is 2.82. The summed E-state index contributed by atoms with van der Waals surface area (Å²) in [7, 11) is -3.87. The maximum atomic E-state index is 13.5. The number of aliphatic hydroxyl groups excluding tert-OH is 1. The van der Waals surface area contributed by atoms with Gasteiger partial charge >= 0.3 is 0 Å². The molecule has 1 heterocycles. The average molecular weight is 322 g/mol. The first kappa shape index (κ1) is 14.3. The molecular weight excluding hydrogens is 313 g/mol. The van der Waals surface area contributed by atoms with Gasteiger partial charge in [0.05, 0.1) is 17.2 Å². The van der Waals surface area contributed by atoms with E-state index in [1.54, 1.807) is 0 Å². The van der Waals surface area contributed by atoms with Crippen molar-refractivity contribution in [2.24, 2.45) is 0 Å². The number of nitrogens with one attached hydrogen (secondary N) is 1. The molecular formula is C11H9ClFNO3S2. The number of rotatable bonds is 4. The summed E-state index contributed by atoms with van der Waals surface area (Å²) in [4.78, 5) is 0.493. The van der Waals surface area contributed by atoms with Gasteiger partial charge in [-0.2, -0.15) is 0 Å². The van der Waals surface area contributed by atoms with Gasteiger partial charge in [0.15, 0.2) is 0 Å². The van der Waals surface area contributed by atoms with Gasteiger partial charge in [0.2, 0.25) is 0 Å². The van der Waals surface area contributed by atoms with Crippen LogP contribution < -0.4 is 4.72 Å². The summed E-state index contributed by atoms with van der Waals surface area (Å²) in [6.45, 7) is -0.241. The summed E-state index contributed by atoms with van der Waals surface area (Å²) in [5.74, 6) is -0.756. The Kier molecular flexibility index (Phi) is 4.10. The van der Waals surface area contributed by atoms with Crippen molar-refractivity contribution in [3.63, 3.8) is 0 Å². The van der Waals surface area contributed by atoms with Crippen LogP contribution in [0.5, 0.6) is 0 Å². The van der Waals surface area contributed by atoms with Gasteiger partial charge in [0, 0.05) is 15.3 Å². The minimum absolute atomic E-state index is 0.0177. The van der Waals surface area contributed by atoms with Gasteiger partial charge in [-0.15, -0.1) is 11.3 Å². The van der Waals surface area contributed by atoms with Gasteiger partial charge in [-0.05, 0) is 24.3 Å². The Morgan fingerprint density at radius 2 is 2.11 bits per heavy atom. The van der Waals surface area contributed by atoms with Crippen LogP contribution in [0.1, 0.15) is 4.88 Å². The number of aliphatic hydroxyl groups is 1. The van der Waals surface area contributed by atoms with E-state index in [1.165, 1.54) is 23.6 Å². The summed E-state index contributed by atoms with van der Waals surface area (Å²) in [6.07, 6.45) is 0. The van der Waals surface area contributed by atoms with Gasteiger partial charge in [0.25, 0.3) is 10.0 Å². The van der Waals surface area contributed by atoms with Crippen LogP contribution >= 0.6 is 22.9 Å². The standard InChI is InChI=1S/C11H9ClFNO3S2/c12-7-1-2-11(10(13)3-7)14-19(16,17)9-4-8(5-15)18-6-9/h1-4,6,14-15H,5H2. The van der Waals surface area contributed by atoms with Crippen molar-refractivity contribution in [3.8, 4) is 0 Å². The molecule has 0 unspecified atom stereocenters. The normalized spacial score (nSPS) is 11.5. The van der Waals surface area contributed by atoms with Gasteiger partial charge in [-0.1, -0.05) is 11.6 Å². The van der Waals surface area contributed by atoms with Crippen LogP contribution in [0.2, 0.25) is 5.02 Å². The molecule has 0 saturated heterocycles. The van der Waals surface area contributed by atoms with Crippen LogP contribution in [0, 0.1) is 5.82 Å². The highest BCUT2D eigenvalue weighted by Gasteiger charge is 2.18. The van der Waals surface area contributed by atoms with Crippen molar-refractivity contribution in [2.75, 3.05) is 4.72 Å². The van der Waals surface area contributed by atoms with E-state index < -0.39 is 15.8 Å². The third-order valence-corrected chi connectivity index (χ3v) is 4.92. The van der Waals surface area contributed by atoms with Crippen LogP contribution in [0.15, 0.2) is 34.5 Å². The lowest BCUT2D eigenvalue weighted by Crippen LogP contribution is -2.13. The Morgan fingerprint density at radius 3 is 2.68 bits per heavy atom. The highest BCUT2D eigenvalue weighted by Crippen LogP contribution is 2.24. The molecule has 0 atom stereocenters. The van der Waals surface area contributed by atoms with Crippen LogP contribution in [0.25, 0.3) is 0 Å². The number of halogens is 2. The summed E-state index contributed by atoms with van der Waals surface area (Å²) in [5.41, 5.74) is -0.179. The fraction of sp³-hybridized carbons (Fsp3) is 0.0909. The number of thiophene rings is 1. The quantitative estimate of drug-likeness (QED) is 0.910. The molecule has 4 nitrogen and oxygen atoms in total. The van der Waals surface area contributed by atoms with Crippen molar-refractivity contribution in [1.82, 2.24) is 0 Å². The summed E-state index contributed by atoms with van der Waals surface area (Å²) in [6, 6.07) is 4.98. The molecule has 0 aliphatic heterocycles. The monoisotopic (exact) mass is 321 g/mol. The molecule has 0 aliphatic carbocycles. The third kappa shape index (κ3) is 3.24. The van der Waals surface area contributed by atoms with E-state index in [1.807, 2.05) is 0 Å². The predicted octanol–water partition coefficient (Wildman–Crippen LogP) is 2.83. The first-order valence-corrected chi connectivity index (χ1v) is 7.82. The maximum Gasteiger partial charge on any atom is 0.262 e. The van der Waals surface area contributed by atoms with E-state index >= 15 is 0 Å². The smallest absolute Gasteiger partial charge is 0.262 e. The first-order valence-electron chi connectivity index (χ1n) is 5.08. The lowest BCUT2D eigenvalue weighted by molar-refractivity contribution is 0.285. The van der Waals surface area contributed by atoms with Crippen LogP contribution in [0.4, 0.5) is 10.1 Å². The molecule has 2 rings (SSSR count). The Hall–Kier alpha value is -1.15. The number of sulfonamides is 1. The second-order valence-electron chi connectivity index (χ2n) is 3.64. The van der Waals surface area contributed by atoms with Crippen LogP contribution in [0.3, 0.4) is 0 Å². The van der Waals surface area contributed by atoms with Crippen molar-refractivity contribution in [3.05, 3.63) is 45.4 Å². The number of anilines is 1. The van der Waals surface area contributed by atoms with Crippen LogP contribution in [-0.2, 0) is 16.6 Å². The number of hydrogen-bond acceptors (Lipinski definition) is 4.